The van der Waals surface area contributed by atoms with E-state index >= 15 is 0 Å². The van der Waals surface area contributed by atoms with Crippen LogP contribution >= 0.6 is 0 Å². The van der Waals surface area contributed by atoms with Crippen LogP contribution in [0.15, 0.2) is 18.3 Å². The largest absolute Gasteiger partial charge is 0.359 e. The summed E-state index contributed by atoms with van der Waals surface area (Å²) in [6, 6.07) is 4.09. The Hall–Kier alpha value is -1.09. The molecule has 0 amide bonds. The molecule has 1 atom stereocenters. The smallest absolute Gasteiger partial charge is 0.133 e. The average Bonchev–Trinajstić information content (AvgIpc) is 2.81. The maximum Gasteiger partial charge on any atom is 0.133 e. The van der Waals surface area contributed by atoms with Crippen molar-refractivity contribution in [2.24, 2.45) is 11.7 Å². The molecule has 1 saturated carbocycles. The van der Waals surface area contributed by atoms with E-state index in [4.69, 9.17) is 5.73 Å². The standard InChI is InChI=1S/C14H23N3/c1-11(15)13-8-5-9-16-14(13)17(2)10-12-6-3-4-7-12/h5,8-9,11-12H,3-4,6-7,10,15H2,1-2H3. The van der Waals surface area contributed by atoms with Crippen LogP contribution in [0.4, 0.5) is 5.82 Å². The Labute approximate surface area is 104 Å². The Bertz CT molecular complexity index is 356. The number of nitrogens with two attached hydrogens (primary N) is 1. The predicted octanol–water partition coefficient (Wildman–Crippen LogP) is 2.73. The molecule has 94 valence electrons. The summed E-state index contributed by atoms with van der Waals surface area (Å²) in [5.74, 6) is 1.89. The van der Waals surface area contributed by atoms with Crippen LogP contribution in [0.2, 0.25) is 0 Å². The number of aromatic nitrogens is 1. The summed E-state index contributed by atoms with van der Waals surface area (Å²) in [4.78, 5) is 6.76. The first-order valence-electron chi connectivity index (χ1n) is 6.60. The Morgan fingerprint density at radius 2 is 2.18 bits per heavy atom. The Balaban J connectivity index is 2.09. The zero-order chi connectivity index (χ0) is 12.3. The van der Waals surface area contributed by atoms with Crippen molar-refractivity contribution < 1.29 is 0 Å². The monoisotopic (exact) mass is 233 g/mol. The summed E-state index contributed by atoms with van der Waals surface area (Å²) in [7, 11) is 2.13. The van der Waals surface area contributed by atoms with Crippen molar-refractivity contribution in [3.63, 3.8) is 0 Å². The number of hydrogen-bond donors (Lipinski definition) is 1. The topological polar surface area (TPSA) is 42.1 Å². The number of pyridine rings is 1. The molecule has 1 aliphatic carbocycles. The lowest BCUT2D eigenvalue weighted by atomic mass is 10.1. The van der Waals surface area contributed by atoms with Crippen molar-refractivity contribution in [3.05, 3.63) is 23.9 Å². The van der Waals surface area contributed by atoms with Crippen LogP contribution < -0.4 is 10.6 Å². The summed E-state index contributed by atoms with van der Waals surface area (Å²) < 4.78 is 0. The second-order valence-corrected chi connectivity index (χ2v) is 5.24. The predicted molar refractivity (Wildman–Crippen MR) is 72.1 cm³/mol. The fourth-order valence-corrected chi connectivity index (χ4v) is 2.75. The Morgan fingerprint density at radius 1 is 1.47 bits per heavy atom. The van der Waals surface area contributed by atoms with E-state index in [2.05, 4.69) is 23.0 Å². The third kappa shape index (κ3) is 2.97. The molecule has 2 rings (SSSR count). The lowest BCUT2D eigenvalue weighted by molar-refractivity contribution is 0.543. The number of nitrogens with zero attached hydrogens (tertiary/aromatic N) is 2. The minimum absolute atomic E-state index is 0.0460. The first-order chi connectivity index (χ1) is 8.18. The van der Waals surface area contributed by atoms with Gasteiger partial charge >= 0.3 is 0 Å². The molecule has 1 aromatic rings. The van der Waals surface area contributed by atoms with Gasteiger partial charge in [0, 0.05) is 31.4 Å². The second kappa shape index (κ2) is 5.50. The summed E-state index contributed by atoms with van der Waals surface area (Å²) >= 11 is 0. The zero-order valence-electron chi connectivity index (χ0n) is 10.9. The molecule has 1 heterocycles. The fraction of sp³-hybridized carbons (Fsp3) is 0.643. The lowest BCUT2D eigenvalue weighted by Crippen LogP contribution is -2.27. The molecule has 0 aromatic carbocycles. The van der Waals surface area contributed by atoms with Crippen molar-refractivity contribution >= 4 is 5.82 Å². The third-order valence-corrected chi connectivity index (χ3v) is 3.68. The van der Waals surface area contributed by atoms with E-state index in [-0.39, 0.29) is 6.04 Å². The molecule has 1 aliphatic rings. The molecule has 1 aromatic heterocycles. The maximum absolute atomic E-state index is 5.99. The number of rotatable bonds is 4. The lowest BCUT2D eigenvalue weighted by Gasteiger charge is -2.25. The molecule has 0 saturated heterocycles. The van der Waals surface area contributed by atoms with E-state index in [9.17, 15) is 0 Å². The normalized spacial score (nSPS) is 18.3. The van der Waals surface area contributed by atoms with Crippen LogP contribution in [-0.2, 0) is 0 Å². The third-order valence-electron chi connectivity index (χ3n) is 3.68. The van der Waals surface area contributed by atoms with Gasteiger partial charge < -0.3 is 10.6 Å². The van der Waals surface area contributed by atoms with Gasteiger partial charge in [0.25, 0.3) is 0 Å². The Kier molecular flexibility index (Phi) is 4.00. The van der Waals surface area contributed by atoms with E-state index in [0.29, 0.717) is 0 Å². The van der Waals surface area contributed by atoms with Crippen LogP contribution in [0.5, 0.6) is 0 Å². The highest BCUT2D eigenvalue weighted by Crippen LogP contribution is 2.28. The van der Waals surface area contributed by atoms with E-state index in [1.54, 1.807) is 0 Å². The maximum atomic E-state index is 5.99. The van der Waals surface area contributed by atoms with E-state index in [1.165, 1.54) is 25.7 Å². The highest BCUT2D eigenvalue weighted by atomic mass is 15.2. The molecule has 3 nitrogen and oxygen atoms in total. The second-order valence-electron chi connectivity index (χ2n) is 5.24. The van der Waals surface area contributed by atoms with E-state index in [1.807, 2.05) is 19.2 Å². The van der Waals surface area contributed by atoms with Gasteiger partial charge in [0.05, 0.1) is 0 Å². The molecular weight excluding hydrogens is 210 g/mol. The molecule has 1 unspecified atom stereocenters. The summed E-state index contributed by atoms with van der Waals surface area (Å²) in [6.07, 6.45) is 7.36. The van der Waals surface area contributed by atoms with Crippen LogP contribution in [-0.4, -0.2) is 18.6 Å². The van der Waals surface area contributed by atoms with Crippen LogP contribution in [0, 0.1) is 5.92 Å². The van der Waals surface area contributed by atoms with Gasteiger partial charge in [-0.25, -0.2) is 4.98 Å². The molecule has 1 fully saturated rings. The molecular formula is C14H23N3. The summed E-state index contributed by atoms with van der Waals surface area (Å²) in [5.41, 5.74) is 7.14. The highest BCUT2D eigenvalue weighted by Gasteiger charge is 2.19. The van der Waals surface area contributed by atoms with Crippen molar-refractivity contribution in [1.82, 2.24) is 4.98 Å². The van der Waals surface area contributed by atoms with Crippen molar-refractivity contribution in [2.75, 3.05) is 18.5 Å². The van der Waals surface area contributed by atoms with Gasteiger partial charge in [-0.1, -0.05) is 18.9 Å². The molecule has 3 heteroatoms. The van der Waals surface area contributed by atoms with Crippen LogP contribution in [0.3, 0.4) is 0 Å². The van der Waals surface area contributed by atoms with Gasteiger partial charge in [0.1, 0.15) is 5.82 Å². The Morgan fingerprint density at radius 3 is 2.82 bits per heavy atom. The van der Waals surface area contributed by atoms with Gasteiger partial charge in [-0.05, 0) is 31.7 Å². The molecule has 2 N–H and O–H groups in total. The SMILES string of the molecule is CC(N)c1cccnc1N(C)CC1CCCC1. The van der Waals surface area contributed by atoms with E-state index < -0.39 is 0 Å². The molecule has 0 bridgehead atoms. The van der Waals surface area contributed by atoms with Gasteiger partial charge in [0.2, 0.25) is 0 Å². The highest BCUT2D eigenvalue weighted by molar-refractivity contribution is 5.47. The van der Waals surface area contributed by atoms with Crippen molar-refractivity contribution in [1.29, 1.82) is 0 Å². The van der Waals surface area contributed by atoms with Crippen LogP contribution in [0.1, 0.15) is 44.2 Å². The first-order valence-corrected chi connectivity index (χ1v) is 6.60. The number of anilines is 1. The van der Waals surface area contributed by atoms with Gasteiger partial charge in [0.15, 0.2) is 0 Å². The molecule has 17 heavy (non-hydrogen) atoms. The molecule has 0 radical (unpaired) electrons. The zero-order valence-corrected chi connectivity index (χ0v) is 10.9. The number of hydrogen-bond acceptors (Lipinski definition) is 3. The van der Waals surface area contributed by atoms with Gasteiger partial charge in [-0.2, -0.15) is 0 Å². The first kappa shape index (κ1) is 12.4. The molecule has 0 aliphatic heterocycles. The minimum Gasteiger partial charge on any atom is -0.359 e. The van der Waals surface area contributed by atoms with E-state index in [0.717, 1.165) is 23.8 Å². The average molecular weight is 233 g/mol. The fourth-order valence-electron chi connectivity index (χ4n) is 2.75. The summed E-state index contributed by atoms with van der Waals surface area (Å²) in [5, 5.41) is 0. The van der Waals surface area contributed by atoms with Gasteiger partial charge in [-0.15, -0.1) is 0 Å². The van der Waals surface area contributed by atoms with Crippen molar-refractivity contribution in [3.8, 4) is 0 Å². The molecule has 0 spiro atoms. The quantitative estimate of drug-likeness (QED) is 0.869. The van der Waals surface area contributed by atoms with Crippen LogP contribution in [0.25, 0.3) is 0 Å². The van der Waals surface area contributed by atoms with Gasteiger partial charge in [-0.3, -0.25) is 0 Å². The minimum atomic E-state index is 0.0460. The van der Waals surface area contributed by atoms with Crippen molar-refractivity contribution in [2.45, 2.75) is 38.6 Å². The summed E-state index contributed by atoms with van der Waals surface area (Å²) in [6.45, 7) is 3.13.